The monoisotopic (exact) mass is 460 g/mol. The second kappa shape index (κ2) is 7.96. The van der Waals surface area contributed by atoms with Gasteiger partial charge in [-0.3, -0.25) is 14.4 Å². The highest BCUT2D eigenvalue weighted by atomic mass is 16.2. The summed E-state index contributed by atoms with van der Waals surface area (Å²) >= 11 is 0. The molecule has 0 aromatic heterocycles. The number of hydrogen-bond acceptors (Lipinski definition) is 4. The highest BCUT2D eigenvalue weighted by Gasteiger charge is 2.85. The summed E-state index contributed by atoms with van der Waals surface area (Å²) in [6, 6.07) is -1.98. The van der Waals surface area contributed by atoms with Crippen LogP contribution < -0.4 is 16.8 Å². The maximum atomic E-state index is 13.9. The van der Waals surface area contributed by atoms with Crippen LogP contribution in [0.5, 0.6) is 0 Å². The molecule has 0 aromatic rings. The molecule has 4 fully saturated rings. The third kappa shape index (κ3) is 3.52. The third-order valence-electron chi connectivity index (χ3n) is 10.3. The van der Waals surface area contributed by atoms with Gasteiger partial charge in [0.1, 0.15) is 12.1 Å². The summed E-state index contributed by atoms with van der Waals surface area (Å²) in [6.45, 7) is 10.9. The summed E-state index contributed by atoms with van der Waals surface area (Å²) in [7, 11) is 0. The van der Waals surface area contributed by atoms with Gasteiger partial charge in [0.15, 0.2) is 0 Å². The summed E-state index contributed by atoms with van der Waals surface area (Å²) in [5, 5.41) is 3.00. The van der Waals surface area contributed by atoms with Gasteiger partial charge in [0, 0.05) is 12.0 Å². The number of amides is 3. The van der Waals surface area contributed by atoms with E-state index in [1.165, 1.54) is 12.8 Å². The third-order valence-corrected chi connectivity index (χ3v) is 10.3. The molecular formula is C26H44N4O3. The molecule has 0 aromatic carbocycles. The lowest BCUT2D eigenvalue weighted by atomic mass is 9.73. The fourth-order valence-electron chi connectivity index (χ4n) is 7.84. The van der Waals surface area contributed by atoms with E-state index in [0.717, 1.165) is 38.5 Å². The number of carbonyl (C=O) groups is 3. The van der Waals surface area contributed by atoms with Crippen molar-refractivity contribution in [3.63, 3.8) is 0 Å². The lowest BCUT2D eigenvalue weighted by Gasteiger charge is -2.37. The van der Waals surface area contributed by atoms with Crippen LogP contribution in [0.2, 0.25) is 0 Å². The second-order valence-electron chi connectivity index (χ2n) is 13.0. The van der Waals surface area contributed by atoms with Crippen molar-refractivity contribution in [2.75, 3.05) is 6.54 Å². The van der Waals surface area contributed by atoms with E-state index in [9.17, 15) is 14.4 Å². The van der Waals surface area contributed by atoms with Crippen LogP contribution in [0.3, 0.4) is 0 Å². The molecule has 2 spiro atoms. The highest BCUT2D eigenvalue weighted by Crippen LogP contribution is 2.88. The van der Waals surface area contributed by atoms with Crippen molar-refractivity contribution in [1.29, 1.82) is 0 Å². The Hall–Kier alpha value is -1.63. The summed E-state index contributed by atoms with van der Waals surface area (Å²) in [5.41, 5.74) is 11.9. The van der Waals surface area contributed by atoms with Gasteiger partial charge in [-0.15, -0.1) is 0 Å². The van der Waals surface area contributed by atoms with Gasteiger partial charge in [0.2, 0.25) is 17.7 Å². The molecule has 186 valence electrons. The maximum absolute atomic E-state index is 13.9. The van der Waals surface area contributed by atoms with Crippen molar-refractivity contribution in [2.24, 2.45) is 39.0 Å². The lowest BCUT2D eigenvalue weighted by Crippen LogP contribution is -2.60. The largest absolute Gasteiger partial charge is 0.368 e. The minimum Gasteiger partial charge on any atom is -0.368 e. The van der Waals surface area contributed by atoms with Crippen LogP contribution >= 0.6 is 0 Å². The maximum Gasteiger partial charge on any atom is 0.246 e. The SMILES string of the molecule is CC(C)(C)[C@H](NC(=O)[C@@H](N)C1CCCCC1)C(=O)N1C[C@]2(C[C@H]1C(N)=O)C(C)(C)C21CCC1. The van der Waals surface area contributed by atoms with Crippen LogP contribution in [0.4, 0.5) is 0 Å². The molecule has 0 bridgehead atoms. The van der Waals surface area contributed by atoms with Gasteiger partial charge < -0.3 is 21.7 Å². The van der Waals surface area contributed by atoms with E-state index in [0.29, 0.717) is 13.0 Å². The Morgan fingerprint density at radius 3 is 2.06 bits per heavy atom. The number of primary amides is 1. The topological polar surface area (TPSA) is 119 Å². The van der Waals surface area contributed by atoms with E-state index in [4.69, 9.17) is 11.5 Å². The molecule has 7 nitrogen and oxygen atoms in total. The Morgan fingerprint density at radius 2 is 1.61 bits per heavy atom. The Balaban J connectivity index is 1.55. The predicted octanol–water partition coefficient (Wildman–Crippen LogP) is 2.71. The van der Waals surface area contributed by atoms with Crippen molar-refractivity contribution in [3.05, 3.63) is 0 Å². The molecule has 0 radical (unpaired) electrons. The number of rotatable bonds is 5. The molecule has 1 aliphatic heterocycles. The van der Waals surface area contributed by atoms with Crippen LogP contribution in [0, 0.1) is 27.6 Å². The molecule has 5 N–H and O–H groups in total. The molecule has 4 aliphatic rings. The minimum absolute atomic E-state index is 0.0570. The van der Waals surface area contributed by atoms with Gasteiger partial charge in [-0.25, -0.2) is 0 Å². The predicted molar refractivity (Wildman–Crippen MR) is 128 cm³/mol. The first kappa shape index (κ1) is 24.5. The molecule has 1 heterocycles. The Bertz CT molecular complexity index is 822. The molecule has 4 rings (SSSR count). The fourth-order valence-corrected chi connectivity index (χ4v) is 7.84. The lowest BCUT2D eigenvalue weighted by molar-refractivity contribution is -0.143. The highest BCUT2D eigenvalue weighted by molar-refractivity contribution is 5.94. The molecule has 3 saturated carbocycles. The van der Waals surface area contributed by atoms with E-state index in [2.05, 4.69) is 19.2 Å². The number of nitrogens with one attached hydrogen (secondary N) is 1. The summed E-state index contributed by atoms with van der Waals surface area (Å²) in [5.74, 6) is -0.754. The van der Waals surface area contributed by atoms with Crippen molar-refractivity contribution in [1.82, 2.24) is 10.2 Å². The zero-order chi connectivity index (χ0) is 24.4. The van der Waals surface area contributed by atoms with Gasteiger partial charge in [0.25, 0.3) is 0 Å². The average Bonchev–Trinajstić information content (AvgIpc) is 2.98. The Morgan fingerprint density at radius 1 is 1.00 bits per heavy atom. The first-order valence-corrected chi connectivity index (χ1v) is 12.9. The number of fused-ring (bicyclic) bond motifs is 1. The number of hydrogen-bond donors (Lipinski definition) is 3. The molecule has 3 amide bonds. The van der Waals surface area contributed by atoms with Crippen molar-refractivity contribution < 1.29 is 14.4 Å². The minimum atomic E-state index is -0.754. The van der Waals surface area contributed by atoms with E-state index >= 15 is 0 Å². The van der Waals surface area contributed by atoms with E-state index in [1.54, 1.807) is 4.90 Å². The number of nitrogens with two attached hydrogens (primary N) is 2. The van der Waals surface area contributed by atoms with Crippen LogP contribution in [-0.4, -0.2) is 47.3 Å². The molecule has 3 aliphatic carbocycles. The van der Waals surface area contributed by atoms with Gasteiger partial charge in [0.05, 0.1) is 6.04 Å². The van der Waals surface area contributed by atoms with Crippen molar-refractivity contribution in [2.45, 2.75) is 111 Å². The molecule has 4 atom stereocenters. The van der Waals surface area contributed by atoms with E-state index in [1.807, 2.05) is 20.8 Å². The van der Waals surface area contributed by atoms with Gasteiger partial charge in [-0.1, -0.05) is 60.3 Å². The average molecular weight is 461 g/mol. The van der Waals surface area contributed by atoms with Crippen LogP contribution in [0.15, 0.2) is 0 Å². The fraction of sp³-hybridized carbons (Fsp3) is 0.885. The summed E-state index contributed by atoms with van der Waals surface area (Å²) in [4.78, 5) is 41.3. The van der Waals surface area contributed by atoms with Crippen LogP contribution in [0.25, 0.3) is 0 Å². The summed E-state index contributed by atoms with van der Waals surface area (Å²) < 4.78 is 0. The van der Waals surface area contributed by atoms with Gasteiger partial charge in [-0.2, -0.15) is 0 Å². The zero-order valence-electron chi connectivity index (χ0n) is 21.2. The van der Waals surface area contributed by atoms with E-state index < -0.39 is 29.4 Å². The smallest absolute Gasteiger partial charge is 0.246 e. The molecule has 33 heavy (non-hydrogen) atoms. The van der Waals surface area contributed by atoms with Crippen LogP contribution in [-0.2, 0) is 14.4 Å². The zero-order valence-corrected chi connectivity index (χ0v) is 21.2. The molecule has 1 saturated heterocycles. The number of likely N-dealkylation sites (tertiary alicyclic amines) is 1. The Labute approximate surface area is 198 Å². The quantitative estimate of drug-likeness (QED) is 0.584. The van der Waals surface area contributed by atoms with Crippen LogP contribution in [0.1, 0.15) is 92.4 Å². The van der Waals surface area contributed by atoms with Gasteiger partial charge in [-0.05, 0) is 54.3 Å². The first-order valence-electron chi connectivity index (χ1n) is 12.9. The summed E-state index contributed by atoms with van der Waals surface area (Å²) in [6.07, 6.45) is 9.45. The normalized spacial score (nSPS) is 32.3. The first-order chi connectivity index (χ1) is 15.3. The van der Waals surface area contributed by atoms with E-state index in [-0.39, 0.29) is 34.0 Å². The standard InChI is InChI=1S/C26H44N4O3/c1-23(2,3)19(29-21(32)18(27)16-10-7-6-8-11-16)22(33)30-15-26(14-17(30)20(28)31)24(4,5)25(26)12-9-13-25/h16-19H,6-15,27H2,1-5H3,(H2,28,31)(H,29,32)/t17-,18-,19+,26+/m0/s1. The Kier molecular flexibility index (Phi) is 5.91. The van der Waals surface area contributed by atoms with Crippen molar-refractivity contribution in [3.8, 4) is 0 Å². The van der Waals surface area contributed by atoms with Gasteiger partial charge >= 0.3 is 0 Å². The second-order valence-corrected chi connectivity index (χ2v) is 13.0. The molecule has 0 unspecified atom stereocenters. The van der Waals surface area contributed by atoms with Crippen molar-refractivity contribution >= 4 is 17.7 Å². The number of nitrogens with zero attached hydrogens (tertiary/aromatic N) is 1. The number of carbonyl (C=O) groups excluding carboxylic acids is 3. The molecular weight excluding hydrogens is 416 g/mol. The molecule has 7 heteroatoms.